The van der Waals surface area contributed by atoms with Crippen molar-refractivity contribution in [2.24, 2.45) is 0 Å². The number of benzene rings is 3. The predicted molar refractivity (Wildman–Crippen MR) is 112 cm³/mol. The van der Waals surface area contributed by atoms with E-state index in [4.69, 9.17) is 21.1 Å². The molecule has 10 heteroatoms. The number of nitro benzene ring substituents is 2. The number of methoxy groups -OCH3 is 1. The van der Waals surface area contributed by atoms with Crippen LogP contribution < -0.4 is 14.8 Å². The van der Waals surface area contributed by atoms with Crippen molar-refractivity contribution in [2.45, 2.75) is 6.54 Å². The average molecular weight is 430 g/mol. The second kappa shape index (κ2) is 9.10. The number of non-ortho nitro benzene ring substituents is 1. The van der Waals surface area contributed by atoms with Gasteiger partial charge in [0.1, 0.15) is 0 Å². The summed E-state index contributed by atoms with van der Waals surface area (Å²) in [6, 6.07) is 15.6. The highest BCUT2D eigenvalue weighted by Gasteiger charge is 2.22. The van der Waals surface area contributed by atoms with Crippen LogP contribution in [0.4, 0.5) is 17.1 Å². The molecule has 0 aliphatic heterocycles. The first kappa shape index (κ1) is 20.9. The van der Waals surface area contributed by atoms with Crippen LogP contribution in [0.2, 0.25) is 5.02 Å². The monoisotopic (exact) mass is 429 g/mol. The van der Waals surface area contributed by atoms with Crippen molar-refractivity contribution in [1.82, 2.24) is 0 Å². The fraction of sp³-hybridized carbons (Fsp3) is 0.100. The van der Waals surface area contributed by atoms with Gasteiger partial charge < -0.3 is 14.8 Å². The summed E-state index contributed by atoms with van der Waals surface area (Å²) in [5.74, 6) is 0.447. The zero-order chi connectivity index (χ0) is 21.7. The largest absolute Gasteiger partial charge is 0.493 e. The molecule has 9 nitrogen and oxygen atoms in total. The summed E-state index contributed by atoms with van der Waals surface area (Å²) in [7, 11) is 1.44. The summed E-state index contributed by atoms with van der Waals surface area (Å²) < 4.78 is 11.0. The Morgan fingerprint density at radius 1 is 0.933 bits per heavy atom. The van der Waals surface area contributed by atoms with Crippen molar-refractivity contribution >= 4 is 28.7 Å². The van der Waals surface area contributed by atoms with E-state index in [9.17, 15) is 20.2 Å². The van der Waals surface area contributed by atoms with Crippen molar-refractivity contribution in [3.8, 4) is 17.2 Å². The van der Waals surface area contributed by atoms with Gasteiger partial charge in [-0.1, -0.05) is 29.8 Å². The molecule has 3 aromatic rings. The van der Waals surface area contributed by atoms with Gasteiger partial charge >= 0.3 is 5.69 Å². The van der Waals surface area contributed by atoms with Crippen LogP contribution in [0.15, 0.2) is 60.7 Å². The lowest BCUT2D eigenvalue weighted by Gasteiger charge is -2.13. The minimum absolute atomic E-state index is 0.133. The van der Waals surface area contributed by atoms with Gasteiger partial charge in [0, 0.05) is 12.6 Å². The van der Waals surface area contributed by atoms with E-state index >= 15 is 0 Å². The number of ether oxygens (including phenoxy) is 2. The molecule has 0 fully saturated rings. The standard InChI is InChI=1S/C20H16ClN3O6/c1-29-20-10-13(12-22-16-5-3-2-4-15(16)21)6-8-19(20)30-18-9-7-14(23(25)26)11-17(18)24(27)28/h2-11,22H,12H2,1H3. The molecule has 0 spiro atoms. The summed E-state index contributed by atoms with van der Waals surface area (Å²) in [4.78, 5) is 20.7. The molecule has 0 radical (unpaired) electrons. The van der Waals surface area contributed by atoms with Gasteiger partial charge in [0.15, 0.2) is 11.5 Å². The van der Waals surface area contributed by atoms with Gasteiger partial charge in [0.05, 0.1) is 33.7 Å². The number of para-hydroxylation sites is 1. The predicted octanol–water partition coefficient (Wildman–Crippen LogP) is 5.57. The highest BCUT2D eigenvalue weighted by atomic mass is 35.5. The normalized spacial score (nSPS) is 10.3. The second-order valence-corrected chi connectivity index (χ2v) is 6.49. The van der Waals surface area contributed by atoms with Gasteiger partial charge in [0.25, 0.3) is 5.69 Å². The molecule has 0 aromatic heterocycles. The lowest BCUT2D eigenvalue weighted by Crippen LogP contribution is -2.01. The van der Waals surface area contributed by atoms with Crippen molar-refractivity contribution in [1.29, 1.82) is 0 Å². The van der Waals surface area contributed by atoms with Crippen molar-refractivity contribution in [3.63, 3.8) is 0 Å². The second-order valence-electron chi connectivity index (χ2n) is 6.09. The number of hydrogen-bond acceptors (Lipinski definition) is 7. The zero-order valence-electron chi connectivity index (χ0n) is 15.7. The van der Waals surface area contributed by atoms with E-state index in [0.717, 1.165) is 23.4 Å². The summed E-state index contributed by atoms with van der Waals surface area (Å²) >= 11 is 6.13. The summed E-state index contributed by atoms with van der Waals surface area (Å²) in [6.45, 7) is 0.456. The quantitative estimate of drug-likeness (QED) is 0.367. The molecule has 0 amide bonds. The Balaban J connectivity index is 1.83. The average Bonchev–Trinajstić information content (AvgIpc) is 2.73. The molecule has 0 aliphatic rings. The van der Waals surface area contributed by atoms with Crippen LogP contribution in [0.5, 0.6) is 17.2 Å². The van der Waals surface area contributed by atoms with Gasteiger partial charge in [-0.2, -0.15) is 0 Å². The first-order chi connectivity index (χ1) is 14.4. The maximum absolute atomic E-state index is 11.3. The van der Waals surface area contributed by atoms with Crippen molar-refractivity contribution in [2.75, 3.05) is 12.4 Å². The van der Waals surface area contributed by atoms with E-state index < -0.39 is 21.2 Å². The zero-order valence-corrected chi connectivity index (χ0v) is 16.5. The molecule has 0 saturated heterocycles. The number of anilines is 1. The third kappa shape index (κ3) is 4.76. The topological polar surface area (TPSA) is 117 Å². The van der Waals surface area contributed by atoms with Crippen LogP contribution in [0.1, 0.15) is 5.56 Å². The smallest absolute Gasteiger partial charge is 0.318 e. The maximum Gasteiger partial charge on any atom is 0.318 e. The lowest BCUT2D eigenvalue weighted by atomic mass is 10.2. The fourth-order valence-corrected chi connectivity index (χ4v) is 2.88. The number of rotatable bonds is 8. The molecule has 0 atom stereocenters. The Hall–Kier alpha value is -3.85. The molecule has 0 saturated carbocycles. The van der Waals surface area contributed by atoms with E-state index in [1.807, 2.05) is 18.2 Å². The molecular formula is C20H16ClN3O6. The molecule has 0 unspecified atom stereocenters. The van der Waals surface area contributed by atoms with E-state index in [-0.39, 0.29) is 11.5 Å². The highest BCUT2D eigenvalue weighted by Crippen LogP contribution is 2.38. The molecule has 3 aromatic carbocycles. The number of nitro groups is 2. The molecule has 0 heterocycles. The molecule has 0 aliphatic carbocycles. The van der Waals surface area contributed by atoms with Crippen LogP contribution in [-0.4, -0.2) is 17.0 Å². The first-order valence-electron chi connectivity index (χ1n) is 8.65. The number of halogens is 1. The third-order valence-electron chi connectivity index (χ3n) is 4.15. The minimum atomic E-state index is -0.739. The lowest BCUT2D eigenvalue weighted by molar-refractivity contribution is -0.394. The van der Waals surface area contributed by atoms with Gasteiger partial charge in [-0.05, 0) is 35.9 Å². The Morgan fingerprint density at radius 3 is 2.33 bits per heavy atom. The number of nitrogens with one attached hydrogen (secondary N) is 1. The molecule has 1 N–H and O–H groups in total. The Kier molecular flexibility index (Phi) is 6.33. The maximum atomic E-state index is 11.3. The number of hydrogen-bond donors (Lipinski definition) is 1. The van der Waals surface area contributed by atoms with E-state index in [0.29, 0.717) is 17.3 Å². The Labute approximate surface area is 176 Å². The number of nitrogens with zero attached hydrogens (tertiary/aromatic N) is 2. The Morgan fingerprint density at radius 2 is 1.67 bits per heavy atom. The SMILES string of the molecule is COc1cc(CNc2ccccc2Cl)ccc1Oc1ccc([N+](=O)[O-])cc1[N+](=O)[O-]. The summed E-state index contributed by atoms with van der Waals surface area (Å²) in [5, 5.41) is 26.0. The van der Waals surface area contributed by atoms with Gasteiger partial charge in [-0.25, -0.2) is 0 Å². The van der Waals surface area contributed by atoms with Crippen LogP contribution in [0, 0.1) is 20.2 Å². The van der Waals surface area contributed by atoms with E-state index in [1.54, 1.807) is 24.3 Å². The van der Waals surface area contributed by atoms with Crippen LogP contribution in [-0.2, 0) is 6.54 Å². The van der Waals surface area contributed by atoms with Crippen LogP contribution in [0.3, 0.4) is 0 Å². The first-order valence-corrected chi connectivity index (χ1v) is 9.03. The summed E-state index contributed by atoms with van der Waals surface area (Å²) in [5.41, 5.74) is 0.718. The van der Waals surface area contributed by atoms with Gasteiger partial charge in [-0.3, -0.25) is 20.2 Å². The fourth-order valence-electron chi connectivity index (χ4n) is 2.67. The summed E-state index contributed by atoms with van der Waals surface area (Å²) in [6.07, 6.45) is 0. The van der Waals surface area contributed by atoms with Crippen molar-refractivity contribution in [3.05, 3.63) is 91.5 Å². The van der Waals surface area contributed by atoms with Gasteiger partial charge in [0.2, 0.25) is 5.75 Å². The third-order valence-corrected chi connectivity index (χ3v) is 4.48. The molecule has 0 bridgehead atoms. The molecular weight excluding hydrogens is 414 g/mol. The van der Waals surface area contributed by atoms with Gasteiger partial charge in [-0.15, -0.1) is 0 Å². The van der Waals surface area contributed by atoms with Crippen molar-refractivity contribution < 1.29 is 19.3 Å². The van der Waals surface area contributed by atoms with Crippen LogP contribution in [0.25, 0.3) is 0 Å². The highest BCUT2D eigenvalue weighted by molar-refractivity contribution is 6.33. The van der Waals surface area contributed by atoms with E-state index in [1.165, 1.54) is 13.2 Å². The minimum Gasteiger partial charge on any atom is -0.493 e. The molecule has 3 rings (SSSR count). The molecule has 154 valence electrons. The molecule has 30 heavy (non-hydrogen) atoms. The van der Waals surface area contributed by atoms with Crippen LogP contribution >= 0.6 is 11.6 Å². The van der Waals surface area contributed by atoms with E-state index in [2.05, 4.69) is 5.32 Å². The Bertz CT molecular complexity index is 1110.